The molecule has 2 aromatic rings. The monoisotopic (exact) mass is 236 g/mol. The van der Waals surface area contributed by atoms with Crippen LogP contribution in [0.1, 0.15) is 13.8 Å². The van der Waals surface area contributed by atoms with Crippen LogP contribution < -0.4 is 4.90 Å². The third-order valence-corrected chi connectivity index (χ3v) is 3.57. The molecular formula is C12H16N2OS. The number of benzene rings is 1. The number of hydrogen-bond donors (Lipinski definition) is 1. The van der Waals surface area contributed by atoms with Gasteiger partial charge in [-0.1, -0.05) is 23.5 Å². The number of fused-ring (bicyclic) bond motifs is 1. The van der Waals surface area contributed by atoms with Gasteiger partial charge in [-0.3, -0.25) is 0 Å². The maximum atomic E-state index is 9.06. The molecule has 0 saturated heterocycles. The molecule has 0 aliphatic carbocycles. The molecule has 0 radical (unpaired) electrons. The van der Waals surface area contributed by atoms with Crippen molar-refractivity contribution in [2.24, 2.45) is 0 Å². The molecule has 0 unspecified atom stereocenters. The van der Waals surface area contributed by atoms with Crippen molar-refractivity contribution in [2.45, 2.75) is 19.9 Å². The van der Waals surface area contributed by atoms with Gasteiger partial charge in [0.15, 0.2) is 5.13 Å². The van der Waals surface area contributed by atoms with Gasteiger partial charge in [0.25, 0.3) is 0 Å². The summed E-state index contributed by atoms with van der Waals surface area (Å²) in [6.45, 7) is 5.02. The first kappa shape index (κ1) is 11.4. The van der Waals surface area contributed by atoms with E-state index in [4.69, 9.17) is 5.11 Å². The largest absolute Gasteiger partial charge is 0.395 e. The van der Waals surface area contributed by atoms with Crippen LogP contribution in [0.4, 0.5) is 5.13 Å². The minimum atomic E-state index is 0.161. The maximum Gasteiger partial charge on any atom is 0.186 e. The Morgan fingerprint density at radius 1 is 1.38 bits per heavy atom. The first-order valence-corrected chi connectivity index (χ1v) is 6.27. The number of para-hydroxylation sites is 1. The molecule has 0 saturated carbocycles. The zero-order valence-electron chi connectivity index (χ0n) is 9.55. The predicted molar refractivity (Wildman–Crippen MR) is 69.2 cm³/mol. The SMILES string of the molecule is CC(C)N(CCO)c1nc2ccccc2s1. The van der Waals surface area contributed by atoms with Crippen molar-refractivity contribution >= 4 is 26.7 Å². The Morgan fingerprint density at radius 3 is 2.75 bits per heavy atom. The van der Waals surface area contributed by atoms with Gasteiger partial charge in [0.05, 0.1) is 16.8 Å². The summed E-state index contributed by atoms with van der Waals surface area (Å²) in [5.74, 6) is 0. The second kappa shape index (κ2) is 4.80. The Bertz CT molecular complexity index is 434. The van der Waals surface area contributed by atoms with Crippen LogP contribution in [0.25, 0.3) is 10.2 Å². The summed E-state index contributed by atoms with van der Waals surface area (Å²) >= 11 is 1.68. The highest BCUT2D eigenvalue weighted by Crippen LogP contribution is 2.29. The van der Waals surface area contributed by atoms with Crippen LogP contribution in [-0.4, -0.2) is 29.3 Å². The zero-order valence-corrected chi connectivity index (χ0v) is 10.4. The molecule has 3 nitrogen and oxygen atoms in total. The number of aliphatic hydroxyl groups is 1. The van der Waals surface area contributed by atoms with E-state index in [0.29, 0.717) is 12.6 Å². The number of hydrogen-bond acceptors (Lipinski definition) is 4. The summed E-state index contributed by atoms with van der Waals surface area (Å²) in [7, 11) is 0. The van der Waals surface area contributed by atoms with Crippen LogP contribution in [-0.2, 0) is 0 Å². The lowest BCUT2D eigenvalue weighted by molar-refractivity contribution is 0.299. The molecule has 1 aromatic heterocycles. The van der Waals surface area contributed by atoms with E-state index in [9.17, 15) is 0 Å². The average Bonchev–Trinajstić information content (AvgIpc) is 2.68. The Hall–Kier alpha value is -1.13. The van der Waals surface area contributed by atoms with Gasteiger partial charge >= 0.3 is 0 Å². The summed E-state index contributed by atoms with van der Waals surface area (Å²) in [6.07, 6.45) is 0. The van der Waals surface area contributed by atoms with Crippen molar-refractivity contribution in [1.29, 1.82) is 0 Å². The summed E-state index contributed by atoms with van der Waals surface area (Å²) < 4.78 is 1.20. The van der Waals surface area contributed by atoms with Crippen LogP contribution in [0.3, 0.4) is 0 Å². The molecule has 0 bridgehead atoms. The highest BCUT2D eigenvalue weighted by Gasteiger charge is 2.14. The quantitative estimate of drug-likeness (QED) is 0.886. The third kappa shape index (κ3) is 2.18. The Labute approximate surface area is 99.4 Å². The second-order valence-electron chi connectivity index (χ2n) is 3.97. The summed E-state index contributed by atoms with van der Waals surface area (Å²) in [6, 6.07) is 8.47. The zero-order chi connectivity index (χ0) is 11.5. The van der Waals surface area contributed by atoms with Crippen molar-refractivity contribution in [1.82, 2.24) is 4.98 Å². The predicted octanol–water partition coefficient (Wildman–Crippen LogP) is 2.50. The van der Waals surface area contributed by atoms with E-state index in [1.165, 1.54) is 4.70 Å². The fourth-order valence-electron chi connectivity index (χ4n) is 1.67. The number of aliphatic hydroxyl groups excluding tert-OH is 1. The van der Waals surface area contributed by atoms with E-state index in [1.54, 1.807) is 11.3 Å². The molecule has 16 heavy (non-hydrogen) atoms. The van der Waals surface area contributed by atoms with Crippen LogP contribution in [0, 0.1) is 0 Å². The molecule has 1 aromatic carbocycles. The van der Waals surface area contributed by atoms with Crippen molar-refractivity contribution in [3.63, 3.8) is 0 Å². The molecule has 1 N–H and O–H groups in total. The minimum absolute atomic E-state index is 0.161. The number of thiazole rings is 1. The van der Waals surface area contributed by atoms with Crippen molar-refractivity contribution in [2.75, 3.05) is 18.1 Å². The smallest absolute Gasteiger partial charge is 0.186 e. The fraction of sp³-hybridized carbons (Fsp3) is 0.417. The normalized spacial score (nSPS) is 11.2. The molecule has 86 valence electrons. The van der Waals surface area contributed by atoms with Crippen molar-refractivity contribution in [3.05, 3.63) is 24.3 Å². The van der Waals surface area contributed by atoms with Crippen LogP contribution >= 0.6 is 11.3 Å². The number of aromatic nitrogens is 1. The van der Waals surface area contributed by atoms with Crippen LogP contribution in [0.2, 0.25) is 0 Å². The first-order chi connectivity index (χ1) is 7.72. The Balaban J connectivity index is 2.37. The lowest BCUT2D eigenvalue weighted by atomic mass is 10.3. The van der Waals surface area contributed by atoms with E-state index in [2.05, 4.69) is 29.8 Å². The summed E-state index contributed by atoms with van der Waals surface area (Å²) in [5.41, 5.74) is 1.03. The van der Waals surface area contributed by atoms with Gasteiger partial charge in [-0.2, -0.15) is 0 Å². The molecule has 0 aliphatic rings. The minimum Gasteiger partial charge on any atom is -0.395 e. The van der Waals surface area contributed by atoms with Gasteiger partial charge in [-0.25, -0.2) is 4.98 Å². The number of nitrogens with zero attached hydrogens (tertiary/aromatic N) is 2. The Morgan fingerprint density at radius 2 is 2.12 bits per heavy atom. The maximum absolute atomic E-state index is 9.06. The molecule has 0 amide bonds. The van der Waals surface area contributed by atoms with Gasteiger partial charge in [-0.05, 0) is 26.0 Å². The van der Waals surface area contributed by atoms with Crippen LogP contribution in [0.15, 0.2) is 24.3 Å². The molecule has 0 fully saturated rings. The average molecular weight is 236 g/mol. The molecule has 2 rings (SSSR count). The lowest BCUT2D eigenvalue weighted by Crippen LogP contribution is -2.33. The van der Waals surface area contributed by atoms with E-state index >= 15 is 0 Å². The molecule has 4 heteroatoms. The van der Waals surface area contributed by atoms with Gasteiger partial charge in [0, 0.05) is 12.6 Å². The van der Waals surface area contributed by atoms with Gasteiger partial charge in [0.2, 0.25) is 0 Å². The van der Waals surface area contributed by atoms with Gasteiger partial charge in [-0.15, -0.1) is 0 Å². The van der Waals surface area contributed by atoms with E-state index in [-0.39, 0.29) is 6.61 Å². The van der Waals surface area contributed by atoms with Gasteiger partial charge < -0.3 is 10.0 Å². The number of anilines is 1. The summed E-state index contributed by atoms with van der Waals surface area (Å²) in [5, 5.41) is 10.0. The highest BCUT2D eigenvalue weighted by atomic mass is 32.1. The lowest BCUT2D eigenvalue weighted by Gasteiger charge is -2.24. The van der Waals surface area contributed by atoms with E-state index in [1.807, 2.05) is 18.2 Å². The fourth-order valence-corrected chi connectivity index (χ4v) is 2.79. The third-order valence-electron chi connectivity index (χ3n) is 2.49. The topological polar surface area (TPSA) is 36.4 Å². The molecule has 0 aliphatic heterocycles. The van der Waals surface area contributed by atoms with E-state index in [0.717, 1.165) is 10.6 Å². The first-order valence-electron chi connectivity index (χ1n) is 5.45. The second-order valence-corrected chi connectivity index (χ2v) is 4.98. The van der Waals surface area contributed by atoms with Crippen molar-refractivity contribution < 1.29 is 5.11 Å². The molecule has 0 spiro atoms. The summed E-state index contributed by atoms with van der Waals surface area (Å²) in [4.78, 5) is 6.72. The molecule has 1 heterocycles. The highest BCUT2D eigenvalue weighted by molar-refractivity contribution is 7.22. The van der Waals surface area contributed by atoms with E-state index < -0.39 is 0 Å². The van der Waals surface area contributed by atoms with Crippen molar-refractivity contribution in [3.8, 4) is 0 Å². The standard InChI is InChI=1S/C12H16N2OS/c1-9(2)14(7-8-15)12-13-10-5-3-4-6-11(10)16-12/h3-6,9,15H,7-8H2,1-2H3. The Kier molecular flexibility index (Phi) is 3.41. The number of rotatable bonds is 4. The van der Waals surface area contributed by atoms with Crippen LogP contribution in [0.5, 0.6) is 0 Å². The molecular weight excluding hydrogens is 220 g/mol. The van der Waals surface area contributed by atoms with Gasteiger partial charge in [0.1, 0.15) is 0 Å². The molecule has 0 atom stereocenters.